The zero-order chi connectivity index (χ0) is 15.3. The van der Waals surface area contributed by atoms with E-state index in [1.807, 2.05) is 13.8 Å². The summed E-state index contributed by atoms with van der Waals surface area (Å²) in [6, 6.07) is 1.39. The lowest BCUT2D eigenvalue weighted by Gasteiger charge is -2.29. The van der Waals surface area contributed by atoms with Crippen LogP contribution in [0.4, 0.5) is 0 Å². The van der Waals surface area contributed by atoms with Crippen LogP contribution in [0.25, 0.3) is 0 Å². The number of aromatic nitrogens is 2. The minimum Gasteiger partial charge on any atom is -0.379 e. The summed E-state index contributed by atoms with van der Waals surface area (Å²) in [4.78, 5) is 2.21. The lowest BCUT2D eigenvalue weighted by molar-refractivity contribution is 0.0354. The fraction of sp³-hybridized carbons (Fsp3) is 0.769. The van der Waals surface area contributed by atoms with Gasteiger partial charge in [-0.3, -0.25) is 9.58 Å². The van der Waals surface area contributed by atoms with Gasteiger partial charge in [0.2, 0.25) is 0 Å². The zero-order valence-electron chi connectivity index (χ0n) is 12.7. The van der Waals surface area contributed by atoms with Crippen molar-refractivity contribution in [1.29, 1.82) is 0 Å². The van der Waals surface area contributed by atoms with Gasteiger partial charge in [0.05, 0.1) is 19.4 Å². The molecule has 2 rings (SSSR count). The Labute approximate surface area is 126 Å². The van der Waals surface area contributed by atoms with Crippen LogP contribution in [0.5, 0.6) is 0 Å². The molecule has 0 aromatic carbocycles. The van der Waals surface area contributed by atoms with Crippen LogP contribution >= 0.6 is 0 Å². The minimum absolute atomic E-state index is 0.155. The molecule has 2 heterocycles. The molecule has 1 aromatic heterocycles. The molecule has 7 nitrogen and oxygen atoms in total. The molecule has 8 heteroatoms. The van der Waals surface area contributed by atoms with Crippen molar-refractivity contribution in [3.63, 3.8) is 0 Å². The number of rotatable bonds is 7. The van der Waals surface area contributed by atoms with Crippen molar-refractivity contribution in [2.24, 2.45) is 0 Å². The largest absolute Gasteiger partial charge is 0.379 e. The van der Waals surface area contributed by atoms with Crippen molar-refractivity contribution in [2.45, 2.75) is 37.9 Å². The summed E-state index contributed by atoms with van der Waals surface area (Å²) >= 11 is 0. The van der Waals surface area contributed by atoms with E-state index in [2.05, 4.69) is 14.7 Å². The molecule has 0 unspecified atom stereocenters. The number of sulfonamides is 1. The summed E-state index contributed by atoms with van der Waals surface area (Å²) in [6.07, 6.45) is 2.37. The van der Waals surface area contributed by atoms with Gasteiger partial charge in [-0.1, -0.05) is 6.92 Å². The third-order valence-corrected chi connectivity index (χ3v) is 4.99. The second-order valence-electron chi connectivity index (χ2n) is 5.33. The van der Waals surface area contributed by atoms with Crippen LogP contribution in [0.15, 0.2) is 17.3 Å². The molecule has 0 bridgehead atoms. The Morgan fingerprint density at radius 1 is 1.43 bits per heavy atom. The first-order valence-corrected chi connectivity index (χ1v) is 8.85. The van der Waals surface area contributed by atoms with Gasteiger partial charge in [0.1, 0.15) is 0 Å². The SMILES string of the molecule is CCCn1nccc1S(=O)(=O)N[C@@H](C)CN1CCOCC1. The van der Waals surface area contributed by atoms with Crippen LogP contribution in [0, 0.1) is 0 Å². The predicted octanol–water partition coefficient (Wildman–Crippen LogP) is 0.292. The summed E-state index contributed by atoms with van der Waals surface area (Å²) < 4.78 is 34.4. The summed E-state index contributed by atoms with van der Waals surface area (Å²) in [6.45, 7) is 8.27. The lowest BCUT2D eigenvalue weighted by Crippen LogP contribution is -2.46. The van der Waals surface area contributed by atoms with Gasteiger partial charge in [0.15, 0.2) is 5.03 Å². The molecule has 120 valence electrons. The number of hydrogen-bond donors (Lipinski definition) is 1. The van der Waals surface area contributed by atoms with Crippen molar-refractivity contribution in [3.8, 4) is 0 Å². The molecule has 0 radical (unpaired) electrons. The van der Waals surface area contributed by atoms with Crippen molar-refractivity contribution in [1.82, 2.24) is 19.4 Å². The van der Waals surface area contributed by atoms with E-state index in [1.165, 1.54) is 10.9 Å². The smallest absolute Gasteiger partial charge is 0.257 e. The molecule has 21 heavy (non-hydrogen) atoms. The van der Waals surface area contributed by atoms with Crippen molar-refractivity contribution < 1.29 is 13.2 Å². The van der Waals surface area contributed by atoms with E-state index >= 15 is 0 Å². The molecule has 0 aliphatic carbocycles. The molecule has 1 N–H and O–H groups in total. The first-order chi connectivity index (χ1) is 10.0. The average molecular weight is 316 g/mol. The fourth-order valence-corrected chi connectivity index (χ4v) is 3.84. The van der Waals surface area contributed by atoms with Crippen LogP contribution in [0.3, 0.4) is 0 Å². The highest BCUT2D eigenvalue weighted by molar-refractivity contribution is 7.89. The van der Waals surface area contributed by atoms with E-state index in [4.69, 9.17) is 4.74 Å². The Balaban J connectivity index is 1.97. The number of morpholine rings is 1. The molecule has 1 atom stereocenters. The third-order valence-electron chi connectivity index (χ3n) is 3.38. The molecule has 1 aliphatic rings. The second-order valence-corrected chi connectivity index (χ2v) is 6.99. The first kappa shape index (κ1) is 16.4. The topological polar surface area (TPSA) is 76.5 Å². The highest BCUT2D eigenvalue weighted by Crippen LogP contribution is 2.10. The fourth-order valence-electron chi connectivity index (χ4n) is 2.46. The standard InChI is InChI=1S/C13H24N4O3S/c1-3-6-17-13(4-5-14-17)21(18,19)15-12(2)11-16-7-9-20-10-8-16/h4-5,12,15H,3,6-11H2,1-2H3/t12-/m0/s1. The van der Waals surface area contributed by atoms with Gasteiger partial charge in [0, 0.05) is 32.2 Å². The molecule has 1 saturated heterocycles. The minimum atomic E-state index is -3.53. The average Bonchev–Trinajstić information content (AvgIpc) is 2.88. The van der Waals surface area contributed by atoms with Crippen LogP contribution in [0.1, 0.15) is 20.3 Å². The van der Waals surface area contributed by atoms with Crippen LogP contribution in [-0.2, 0) is 21.3 Å². The molecule has 1 aliphatic heterocycles. The number of nitrogens with one attached hydrogen (secondary N) is 1. The van der Waals surface area contributed by atoms with Crippen LogP contribution in [0.2, 0.25) is 0 Å². The van der Waals surface area contributed by atoms with Gasteiger partial charge in [-0.25, -0.2) is 13.1 Å². The zero-order valence-corrected chi connectivity index (χ0v) is 13.5. The van der Waals surface area contributed by atoms with Crippen LogP contribution in [-0.4, -0.2) is 62.0 Å². The van der Waals surface area contributed by atoms with Crippen LogP contribution < -0.4 is 4.72 Å². The van der Waals surface area contributed by atoms with Gasteiger partial charge < -0.3 is 4.74 Å². The number of hydrogen-bond acceptors (Lipinski definition) is 5. The number of nitrogens with zero attached hydrogens (tertiary/aromatic N) is 3. The summed E-state index contributed by atoms with van der Waals surface area (Å²) in [5, 5.41) is 4.30. The molecule has 0 amide bonds. The van der Waals surface area contributed by atoms with E-state index in [9.17, 15) is 8.42 Å². The summed E-state index contributed by atoms with van der Waals surface area (Å²) in [7, 11) is -3.53. The normalized spacial score (nSPS) is 18.8. The Morgan fingerprint density at radius 2 is 2.14 bits per heavy atom. The highest BCUT2D eigenvalue weighted by Gasteiger charge is 2.23. The first-order valence-electron chi connectivity index (χ1n) is 7.37. The third kappa shape index (κ3) is 4.50. The number of aryl methyl sites for hydroxylation is 1. The van der Waals surface area contributed by atoms with Crippen molar-refractivity contribution in [3.05, 3.63) is 12.3 Å². The van der Waals surface area contributed by atoms with E-state index < -0.39 is 10.0 Å². The van der Waals surface area contributed by atoms with Gasteiger partial charge in [-0.2, -0.15) is 5.10 Å². The molecule has 1 fully saturated rings. The molecule has 0 saturated carbocycles. The Kier molecular flexibility index (Phi) is 5.74. The molecule has 1 aromatic rings. The predicted molar refractivity (Wildman–Crippen MR) is 79.6 cm³/mol. The van der Waals surface area contributed by atoms with Gasteiger partial charge in [-0.05, 0) is 19.4 Å². The summed E-state index contributed by atoms with van der Waals surface area (Å²) in [5.41, 5.74) is 0. The molecular weight excluding hydrogens is 292 g/mol. The quantitative estimate of drug-likeness (QED) is 0.782. The lowest BCUT2D eigenvalue weighted by atomic mass is 10.3. The number of ether oxygens (including phenoxy) is 1. The molecular formula is C13H24N4O3S. The van der Waals surface area contributed by atoms with Crippen molar-refractivity contribution >= 4 is 10.0 Å². The van der Waals surface area contributed by atoms with E-state index in [1.54, 1.807) is 6.07 Å². The van der Waals surface area contributed by atoms with Gasteiger partial charge in [0.25, 0.3) is 10.0 Å². The summed E-state index contributed by atoms with van der Waals surface area (Å²) in [5.74, 6) is 0. The van der Waals surface area contributed by atoms with Gasteiger partial charge in [-0.15, -0.1) is 0 Å². The maximum absolute atomic E-state index is 12.4. The van der Waals surface area contributed by atoms with E-state index in [0.717, 1.165) is 19.5 Å². The molecule has 0 spiro atoms. The maximum atomic E-state index is 12.4. The highest BCUT2D eigenvalue weighted by atomic mass is 32.2. The van der Waals surface area contributed by atoms with E-state index in [0.29, 0.717) is 26.3 Å². The van der Waals surface area contributed by atoms with Gasteiger partial charge >= 0.3 is 0 Å². The van der Waals surface area contributed by atoms with Crippen molar-refractivity contribution in [2.75, 3.05) is 32.8 Å². The van der Waals surface area contributed by atoms with E-state index in [-0.39, 0.29) is 11.1 Å². The second kappa shape index (κ2) is 7.35. The monoisotopic (exact) mass is 316 g/mol. The Bertz CT molecular complexity index is 537. The Morgan fingerprint density at radius 3 is 2.81 bits per heavy atom. The Hall–Kier alpha value is -0.960. The maximum Gasteiger partial charge on any atom is 0.257 e.